The van der Waals surface area contributed by atoms with Crippen molar-refractivity contribution in [3.05, 3.63) is 48.0 Å². The molecule has 0 saturated heterocycles. The Hall–Kier alpha value is -2.44. The molecule has 0 aliphatic carbocycles. The van der Waals surface area contributed by atoms with Crippen LogP contribution in [0.4, 0.5) is 0 Å². The first-order chi connectivity index (χ1) is 12.8. The maximum absolute atomic E-state index is 12.6. The van der Waals surface area contributed by atoms with Crippen molar-refractivity contribution in [2.24, 2.45) is 4.99 Å². The number of amidine groups is 1. The van der Waals surface area contributed by atoms with E-state index in [0.717, 1.165) is 28.7 Å². The number of likely N-dealkylation sites (N-methyl/N-ethyl adjacent to an activating group) is 2. The quantitative estimate of drug-likeness (QED) is 0.786. The van der Waals surface area contributed by atoms with Gasteiger partial charge in [-0.15, -0.1) is 0 Å². The Morgan fingerprint density at radius 2 is 1.81 bits per heavy atom. The van der Waals surface area contributed by atoms with Crippen molar-refractivity contribution >= 4 is 22.5 Å². The molecule has 144 valence electrons. The topological polar surface area (TPSA) is 48.4 Å². The van der Waals surface area contributed by atoms with Crippen molar-refractivity contribution in [2.75, 3.05) is 41.3 Å². The SMILES string of the molecule is CN(C)CCN(C)C(=O)CC1(C)N=C(c2cccc3ccccc23)N(C)O1. The molecule has 1 amide bonds. The average Bonchev–Trinajstić information content (AvgIpc) is 2.93. The van der Waals surface area contributed by atoms with E-state index in [9.17, 15) is 4.79 Å². The second-order valence-electron chi connectivity index (χ2n) is 7.52. The Morgan fingerprint density at radius 1 is 1.11 bits per heavy atom. The standard InChI is InChI=1S/C21H28N4O2/c1-21(15-19(26)24(4)14-13-23(2)3)22-20(25(5)27-21)18-12-8-10-16-9-6-7-11-17(16)18/h6-12H,13-15H2,1-5H3. The van der Waals surface area contributed by atoms with Gasteiger partial charge in [0.25, 0.3) is 0 Å². The molecule has 0 radical (unpaired) electrons. The zero-order chi connectivity index (χ0) is 19.6. The molecule has 3 rings (SSSR count). The number of nitrogens with zero attached hydrogens (tertiary/aromatic N) is 4. The predicted octanol–water partition coefficient (Wildman–Crippen LogP) is 2.59. The molecule has 6 nitrogen and oxygen atoms in total. The molecule has 1 aliphatic heterocycles. The van der Waals surface area contributed by atoms with Crippen molar-refractivity contribution in [2.45, 2.75) is 19.1 Å². The number of aliphatic imine (C=N–C) groups is 1. The van der Waals surface area contributed by atoms with Gasteiger partial charge in [-0.3, -0.25) is 4.79 Å². The van der Waals surface area contributed by atoms with Crippen molar-refractivity contribution in [1.29, 1.82) is 0 Å². The van der Waals surface area contributed by atoms with Crippen LogP contribution in [0.3, 0.4) is 0 Å². The van der Waals surface area contributed by atoms with E-state index < -0.39 is 5.72 Å². The van der Waals surface area contributed by atoms with Crippen LogP contribution in [0.15, 0.2) is 47.5 Å². The lowest BCUT2D eigenvalue weighted by atomic mass is 10.0. The zero-order valence-corrected chi connectivity index (χ0v) is 16.8. The predicted molar refractivity (Wildman–Crippen MR) is 109 cm³/mol. The Bertz CT molecular complexity index is 859. The van der Waals surface area contributed by atoms with Gasteiger partial charge in [0.05, 0.1) is 6.42 Å². The van der Waals surface area contributed by atoms with E-state index in [2.05, 4.69) is 23.1 Å². The molecule has 27 heavy (non-hydrogen) atoms. The summed E-state index contributed by atoms with van der Waals surface area (Å²) >= 11 is 0. The van der Waals surface area contributed by atoms with Crippen LogP contribution in [0.5, 0.6) is 0 Å². The first kappa shape index (κ1) is 19.3. The summed E-state index contributed by atoms with van der Waals surface area (Å²) in [4.78, 5) is 27.2. The lowest BCUT2D eigenvalue weighted by molar-refractivity contribution is -0.170. The molecule has 0 N–H and O–H groups in total. The molecule has 1 unspecified atom stereocenters. The van der Waals surface area contributed by atoms with Gasteiger partial charge in [0.15, 0.2) is 11.6 Å². The molecule has 1 atom stereocenters. The van der Waals surface area contributed by atoms with Crippen LogP contribution in [-0.2, 0) is 9.63 Å². The normalized spacial score (nSPS) is 19.6. The summed E-state index contributed by atoms with van der Waals surface area (Å²) in [6.07, 6.45) is 0.204. The van der Waals surface area contributed by atoms with Crippen molar-refractivity contribution in [3.8, 4) is 0 Å². The van der Waals surface area contributed by atoms with Gasteiger partial charge in [-0.1, -0.05) is 42.5 Å². The molecular formula is C21H28N4O2. The molecule has 2 aromatic carbocycles. The molecule has 1 aliphatic rings. The molecule has 6 heteroatoms. The average molecular weight is 368 g/mol. The summed E-state index contributed by atoms with van der Waals surface area (Å²) in [5.41, 5.74) is 0.109. The van der Waals surface area contributed by atoms with Gasteiger partial charge in [0.2, 0.25) is 5.91 Å². The van der Waals surface area contributed by atoms with Crippen molar-refractivity contribution in [1.82, 2.24) is 14.9 Å². The maximum Gasteiger partial charge on any atom is 0.227 e. The highest BCUT2D eigenvalue weighted by Gasteiger charge is 2.38. The van der Waals surface area contributed by atoms with E-state index in [1.807, 2.05) is 59.4 Å². The van der Waals surface area contributed by atoms with Crippen LogP contribution in [0.1, 0.15) is 18.9 Å². The van der Waals surface area contributed by atoms with E-state index >= 15 is 0 Å². The highest BCUT2D eigenvalue weighted by Crippen LogP contribution is 2.30. The third kappa shape index (κ3) is 4.28. The number of rotatable bonds is 6. The van der Waals surface area contributed by atoms with Gasteiger partial charge in [0, 0.05) is 32.7 Å². The fourth-order valence-corrected chi connectivity index (χ4v) is 3.27. The van der Waals surface area contributed by atoms with Crippen molar-refractivity contribution in [3.63, 3.8) is 0 Å². The van der Waals surface area contributed by atoms with Gasteiger partial charge < -0.3 is 9.80 Å². The van der Waals surface area contributed by atoms with Crippen LogP contribution in [-0.4, -0.2) is 73.6 Å². The lowest BCUT2D eigenvalue weighted by Gasteiger charge is -2.25. The monoisotopic (exact) mass is 368 g/mol. The number of hydroxylamine groups is 2. The first-order valence-electron chi connectivity index (χ1n) is 9.19. The Morgan fingerprint density at radius 3 is 2.56 bits per heavy atom. The van der Waals surface area contributed by atoms with E-state index in [-0.39, 0.29) is 12.3 Å². The van der Waals surface area contributed by atoms with E-state index in [1.54, 1.807) is 9.96 Å². The van der Waals surface area contributed by atoms with Crippen LogP contribution in [0.25, 0.3) is 10.8 Å². The summed E-state index contributed by atoms with van der Waals surface area (Å²) in [7, 11) is 7.65. The minimum Gasteiger partial charge on any atom is -0.344 e. The van der Waals surface area contributed by atoms with Gasteiger partial charge in [-0.05, 0) is 31.8 Å². The van der Waals surface area contributed by atoms with Crippen LogP contribution in [0, 0.1) is 0 Å². The fourth-order valence-electron chi connectivity index (χ4n) is 3.27. The van der Waals surface area contributed by atoms with Gasteiger partial charge in [-0.2, -0.15) is 0 Å². The molecule has 0 aromatic heterocycles. The van der Waals surface area contributed by atoms with E-state index in [1.165, 1.54) is 0 Å². The first-order valence-corrected chi connectivity index (χ1v) is 9.19. The highest BCUT2D eigenvalue weighted by molar-refractivity contribution is 6.09. The largest absolute Gasteiger partial charge is 0.344 e. The number of amides is 1. The number of benzene rings is 2. The van der Waals surface area contributed by atoms with E-state index in [0.29, 0.717) is 6.54 Å². The van der Waals surface area contributed by atoms with Crippen LogP contribution < -0.4 is 0 Å². The number of hydrogen-bond donors (Lipinski definition) is 0. The second kappa shape index (κ2) is 7.66. The molecule has 1 heterocycles. The number of carbonyl (C=O) groups excluding carboxylic acids is 1. The minimum absolute atomic E-state index is 0.0238. The Kier molecular flexibility index (Phi) is 5.48. The third-order valence-corrected chi connectivity index (χ3v) is 4.79. The smallest absolute Gasteiger partial charge is 0.227 e. The van der Waals surface area contributed by atoms with Crippen molar-refractivity contribution < 1.29 is 9.63 Å². The van der Waals surface area contributed by atoms with Gasteiger partial charge in [-0.25, -0.2) is 14.9 Å². The number of hydrogen-bond acceptors (Lipinski definition) is 5. The third-order valence-electron chi connectivity index (χ3n) is 4.79. The highest BCUT2D eigenvalue weighted by atomic mass is 16.7. The van der Waals surface area contributed by atoms with E-state index in [4.69, 9.17) is 9.83 Å². The maximum atomic E-state index is 12.6. The summed E-state index contributed by atoms with van der Waals surface area (Å²) in [5.74, 6) is 0.772. The Balaban J connectivity index is 1.82. The Labute approximate surface area is 161 Å². The van der Waals surface area contributed by atoms with Crippen LogP contribution in [0.2, 0.25) is 0 Å². The van der Waals surface area contributed by atoms with Gasteiger partial charge in [0.1, 0.15) is 0 Å². The van der Waals surface area contributed by atoms with Crippen LogP contribution >= 0.6 is 0 Å². The number of fused-ring (bicyclic) bond motifs is 1. The lowest BCUT2D eigenvalue weighted by Crippen LogP contribution is -2.39. The molecule has 2 aromatic rings. The fraction of sp³-hybridized carbons (Fsp3) is 0.429. The summed E-state index contributed by atoms with van der Waals surface area (Å²) in [5, 5.41) is 3.95. The summed E-state index contributed by atoms with van der Waals surface area (Å²) < 4.78 is 0. The number of carbonyl (C=O) groups is 1. The minimum atomic E-state index is -0.898. The molecule has 0 spiro atoms. The van der Waals surface area contributed by atoms with Gasteiger partial charge >= 0.3 is 0 Å². The summed E-state index contributed by atoms with van der Waals surface area (Å²) in [6.45, 7) is 3.36. The molecular weight excluding hydrogens is 340 g/mol. The molecule has 0 saturated carbocycles. The zero-order valence-electron chi connectivity index (χ0n) is 16.8. The molecule has 0 fully saturated rings. The summed E-state index contributed by atoms with van der Waals surface area (Å²) in [6, 6.07) is 14.3. The molecule has 0 bridgehead atoms. The second-order valence-corrected chi connectivity index (χ2v) is 7.52.